The summed E-state index contributed by atoms with van der Waals surface area (Å²) < 4.78 is 5.10. The molecular formula is C21H25N3O3. The van der Waals surface area contributed by atoms with E-state index in [4.69, 9.17) is 4.74 Å². The van der Waals surface area contributed by atoms with Crippen LogP contribution in [-0.4, -0.2) is 42.0 Å². The Bertz CT molecular complexity index is 779. The lowest BCUT2D eigenvalue weighted by atomic mass is 10.0. The van der Waals surface area contributed by atoms with E-state index in [0.717, 1.165) is 30.4 Å². The summed E-state index contributed by atoms with van der Waals surface area (Å²) in [6.07, 6.45) is 4.69. The molecule has 1 atom stereocenters. The molecule has 27 heavy (non-hydrogen) atoms. The van der Waals surface area contributed by atoms with Crippen LogP contribution in [0.2, 0.25) is 0 Å². The van der Waals surface area contributed by atoms with Crippen molar-refractivity contribution < 1.29 is 14.3 Å². The van der Waals surface area contributed by atoms with Crippen LogP contribution in [0, 0.1) is 0 Å². The topological polar surface area (TPSA) is 71.5 Å². The molecule has 1 unspecified atom stereocenters. The molecule has 1 saturated heterocycles. The van der Waals surface area contributed by atoms with Crippen molar-refractivity contribution in [2.45, 2.75) is 31.7 Å². The summed E-state index contributed by atoms with van der Waals surface area (Å²) in [7, 11) is 1.66. The molecule has 6 heteroatoms. The highest BCUT2D eigenvalue weighted by Gasteiger charge is 2.32. The number of nitrogens with zero attached hydrogens (tertiary/aromatic N) is 2. The average Bonchev–Trinajstić information content (AvgIpc) is 2.69. The maximum absolute atomic E-state index is 13.1. The van der Waals surface area contributed by atoms with E-state index in [2.05, 4.69) is 10.3 Å². The van der Waals surface area contributed by atoms with Gasteiger partial charge in [0.2, 0.25) is 5.91 Å². The van der Waals surface area contributed by atoms with Crippen molar-refractivity contribution in [3.63, 3.8) is 0 Å². The van der Waals surface area contributed by atoms with Crippen molar-refractivity contribution in [2.75, 3.05) is 25.6 Å². The lowest BCUT2D eigenvalue weighted by Crippen LogP contribution is -2.43. The summed E-state index contributed by atoms with van der Waals surface area (Å²) in [4.78, 5) is 31.5. The lowest BCUT2D eigenvalue weighted by molar-refractivity contribution is -0.141. The number of carbonyl (C=O) groups is 2. The second-order valence-corrected chi connectivity index (χ2v) is 6.64. The smallest absolute Gasteiger partial charge is 0.252 e. The summed E-state index contributed by atoms with van der Waals surface area (Å²) >= 11 is 0. The van der Waals surface area contributed by atoms with Crippen LogP contribution in [0.25, 0.3) is 0 Å². The van der Waals surface area contributed by atoms with Crippen molar-refractivity contribution >= 4 is 17.6 Å². The van der Waals surface area contributed by atoms with Gasteiger partial charge in [-0.15, -0.1) is 0 Å². The Morgan fingerprint density at radius 2 is 2.07 bits per heavy atom. The molecule has 1 aliphatic heterocycles. The molecule has 0 bridgehead atoms. The van der Waals surface area contributed by atoms with Crippen LogP contribution in [0.1, 0.15) is 36.4 Å². The Morgan fingerprint density at radius 3 is 2.81 bits per heavy atom. The van der Waals surface area contributed by atoms with Crippen LogP contribution < -0.4 is 5.32 Å². The molecule has 1 aromatic carbocycles. The fraction of sp³-hybridized carbons (Fsp3) is 0.381. The van der Waals surface area contributed by atoms with Gasteiger partial charge in [-0.2, -0.15) is 0 Å². The van der Waals surface area contributed by atoms with Crippen molar-refractivity contribution in [1.82, 2.24) is 9.88 Å². The van der Waals surface area contributed by atoms with Crippen LogP contribution in [0.4, 0.5) is 5.82 Å². The number of piperidine rings is 1. The number of hydrogen-bond acceptors (Lipinski definition) is 4. The molecule has 2 heterocycles. The quantitative estimate of drug-likeness (QED) is 0.817. The molecule has 1 N–H and O–H groups in total. The first kappa shape index (κ1) is 19.0. The molecule has 0 saturated carbocycles. The van der Waals surface area contributed by atoms with Gasteiger partial charge in [0.25, 0.3) is 5.91 Å². The van der Waals surface area contributed by atoms with Crippen LogP contribution in [0.15, 0.2) is 48.7 Å². The number of amides is 2. The van der Waals surface area contributed by atoms with Crippen LogP contribution in [0.5, 0.6) is 0 Å². The number of nitrogens with one attached hydrogen (secondary N) is 1. The first-order valence-electron chi connectivity index (χ1n) is 9.28. The Hall–Kier alpha value is -2.73. The number of anilines is 1. The van der Waals surface area contributed by atoms with E-state index < -0.39 is 6.04 Å². The highest BCUT2D eigenvalue weighted by atomic mass is 16.5. The van der Waals surface area contributed by atoms with E-state index in [-0.39, 0.29) is 11.8 Å². The number of likely N-dealkylation sites (tertiary alicyclic amines) is 1. The van der Waals surface area contributed by atoms with E-state index in [9.17, 15) is 9.59 Å². The first-order chi connectivity index (χ1) is 13.2. The van der Waals surface area contributed by atoms with E-state index in [1.54, 1.807) is 18.2 Å². The third-order valence-electron chi connectivity index (χ3n) is 4.71. The van der Waals surface area contributed by atoms with Gasteiger partial charge in [0.15, 0.2) is 0 Å². The van der Waals surface area contributed by atoms with Crippen molar-refractivity contribution in [3.05, 3.63) is 59.8 Å². The molecule has 0 radical (unpaired) electrons. The fourth-order valence-corrected chi connectivity index (χ4v) is 3.32. The third kappa shape index (κ3) is 4.92. The van der Waals surface area contributed by atoms with Gasteiger partial charge in [0.1, 0.15) is 11.9 Å². The molecule has 2 aromatic rings. The SMILES string of the molecule is COCCc1ccnc(NC(=O)C(c2ccccc2)N2CCCCC2=O)c1. The number of rotatable bonds is 7. The number of carbonyl (C=O) groups excluding carboxylic acids is 2. The second kappa shape index (κ2) is 9.28. The summed E-state index contributed by atoms with van der Waals surface area (Å²) in [5, 5.41) is 2.89. The molecule has 2 amide bonds. The highest BCUT2D eigenvalue weighted by Crippen LogP contribution is 2.27. The van der Waals surface area contributed by atoms with Gasteiger partial charge in [-0.3, -0.25) is 9.59 Å². The van der Waals surface area contributed by atoms with Gasteiger partial charge >= 0.3 is 0 Å². The zero-order valence-corrected chi connectivity index (χ0v) is 15.6. The Morgan fingerprint density at radius 1 is 1.26 bits per heavy atom. The van der Waals surface area contributed by atoms with Gasteiger partial charge in [-0.25, -0.2) is 4.98 Å². The van der Waals surface area contributed by atoms with Crippen molar-refractivity contribution in [2.24, 2.45) is 0 Å². The van der Waals surface area contributed by atoms with Gasteiger partial charge in [-0.1, -0.05) is 30.3 Å². The molecule has 1 fully saturated rings. The highest BCUT2D eigenvalue weighted by molar-refractivity contribution is 5.97. The summed E-state index contributed by atoms with van der Waals surface area (Å²) in [5.74, 6) is 0.263. The minimum Gasteiger partial charge on any atom is -0.384 e. The fourth-order valence-electron chi connectivity index (χ4n) is 3.32. The molecule has 1 aliphatic rings. The van der Waals surface area contributed by atoms with Crippen LogP contribution in [-0.2, 0) is 20.7 Å². The number of methoxy groups -OCH3 is 1. The van der Waals surface area contributed by atoms with E-state index >= 15 is 0 Å². The molecule has 6 nitrogen and oxygen atoms in total. The second-order valence-electron chi connectivity index (χ2n) is 6.64. The van der Waals surface area contributed by atoms with Crippen molar-refractivity contribution in [1.29, 1.82) is 0 Å². The number of pyridine rings is 1. The summed E-state index contributed by atoms with van der Waals surface area (Å²) in [6, 6.07) is 12.5. The monoisotopic (exact) mass is 367 g/mol. The van der Waals surface area contributed by atoms with E-state index in [1.807, 2.05) is 42.5 Å². The first-order valence-corrected chi connectivity index (χ1v) is 9.28. The number of ether oxygens (including phenoxy) is 1. The van der Waals surface area contributed by atoms with Gasteiger partial charge in [0.05, 0.1) is 6.61 Å². The Balaban J connectivity index is 1.82. The number of hydrogen-bond donors (Lipinski definition) is 1. The van der Waals surface area contributed by atoms with Gasteiger partial charge in [-0.05, 0) is 42.5 Å². The zero-order chi connectivity index (χ0) is 19.1. The maximum Gasteiger partial charge on any atom is 0.252 e. The van der Waals surface area contributed by atoms with Crippen molar-refractivity contribution in [3.8, 4) is 0 Å². The average molecular weight is 367 g/mol. The molecule has 0 spiro atoms. The number of benzene rings is 1. The van der Waals surface area contributed by atoms with E-state index in [0.29, 0.717) is 25.4 Å². The molecule has 3 rings (SSSR count). The lowest BCUT2D eigenvalue weighted by Gasteiger charge is -2.34. The van der Waals surface area contributed by atoms with Crippen LogP contribution in [0.3, 0.4) is 0 Å². The van der Waals surface area contributed by atoms with Gasteiger partial charge < -0.3 is 15.0 Å². The van der Waals surface area contributed by atoms with E-state index in [1.165, 1.54) is 0 Å². The maximum atomic E-state index is 13.1. The normalized spacial score (nSPS) is 15.4. The standard InChI is InChI=1S/C21H25N3O3/c1-27-14-11-16-10-12-22-18(15-16)23-21(26)20(17-7-3-2-4-8-17)24-13-6-5-9-19(24)25/h2-4,7-8,10,12,15,20H,5-6,9,11,13-14H2,1H3,(H,22,23,26). The number of aromatic nitrogens is 1. The molecule has 0 aliphatic carbocycles. The Kier molecular flexibility index (Phi) is 6.54. The zero-order valence-electron chi connectivity index (χ0n) is 15.6. The molecular weight excluding hydrogens is 342 g/mol. The van der Waals surface area contributed by atoms with Gasteiger partial charge in [0, 0.05) is 26.3 Å². The minimum atomic E-state index is -0.650. The summed E-state index contributed by atoms with van der Waals surface area (Å²) in [6.45, 7) is 1.19. The molecule has 1 aromatic heterocycles. The molecule has 142 valence electrons. The predicted molar refractivity (Wildman–Crippen MR) is 103 cm³/mol. The third-order valence-corrected chi connectivity index (χ3v) is 4.71. The Labute approximate surface area is 159 Å². The summed E-state index contributed by atoms with van der Waals surface area (Å²) in [5.41, 5.74) is 1.84. The van der Waals surface area contributed by atoms with Crippen LogP contribution >= 0.6 is 0 Å². The minimum absolute atomic E-state index is 0.0204. The largest absolute Gasteiger partial charge is 0.384 e. The predicted octanol–water partition coefficient (Wildman–Crippen LogP) is 2.96.